The molecule has 1 aliphatic rings. The monoisotopic (exact) mass is 459 g/mol. The van der Waals surface area contributed by atoms with Crippen LogP contribution in [0.25, 0.3) is 10.8 Å². The van der Waals surface area contributed by atoms with Crippen LogP contribution in [0.4, 0.5) is 0 Å². The van der Waals surface area contributed by atoms with Crippen LogP contribution in [-0.2, 0) is 11.2 Å². The Bertz CT molecular complexity index is 820. The first-order valence-corrected chi connectivity index (χ1v) is 12.1. The summed E-state index contributed by atoms with van der Waals surface area (Å²) in [6.45, 7) is 13.0. The smallest absolute Gasteiger partial charge is 0.227 e. The van der Waals surface area contributed by atoms with Gasteiger partial charge < -0.3 is 15.5 Å². The topological polar surface area (TPSA) is 44.4 Å². The van der Waals surface area contributed by atoms with E-state index < -0.39 is 0 Å². The molecule has 0 spiro atoms. The lowest BCUT2D eigenvalue weighted by Gasteiger charge is -2.32. The van der Waals surface area contributed by atoms with Gasteiger partial charge in [-0.15, -0.1) is 12.4 Å². The number of likely N-dealkylation sites (tertiary alicyclic amines) is 1. The molecule has 2 aromatic carbocycles. The van der Waals surface area contributed by atoms with Gasteiger partial charge in [0.25, 0.3) is 0 Å². The summed E-state index contributed by atoms with van der Waals surface area (Å²) in [6.07, 6.45) is 5.18. The number of hydrogen-bond donors (Lipinski definition) is 2. The van der Waals surface area contributed by atoms with Gasteiger partial charge in [-0.3, -0.25) is 4.79 Å². The molecule has 3 rings (SSSR count). The fourth-order valence-corrected chi connectivity index (χ4v) is 4.38. The zero-order valence-electron chi connectivity index (χ0n) is 20.2. The summed E-state index contributed by atoms with van der Waals surface area (Å²) < 4.78 is 0. The van der Waals surface area contributed by atoms with Crippen LogP contribution in [0.3, 0.4) is 0 Å². The summed E-state index contributed by atoms with van der Waals surface area (Å²) in [4.78, 5) is 14.9. The first-order chi connectivity index (χ1) is 14.9. The molecular formula is C27H42ClN3O. The van der Waals surface area contributed by atoms with Crippen molar-refractivity contribution >= 4 is 29.1 Å². The summed E-state index contributed by atoms with van der Waals surface area (Å²) in [7, 11) is 0. The Morgan fingerprint density at radius 1 is 0.969 bits per heavy atom. The number of rotatable bonds is 10. The van der Waals surface area contributed by atoms with Crippen molar-refractivity contribution in [1.29, 1.82) is 0 Å². The molecule has 0 bridgehead atoms. The summed E-state index contributed by atoms with van der Waals surface area (Å²) in [5, 5.41) is 9.59. The molecule has 2 N–H and O–H groups in total. The second-order valence-corrected chi connectivity index (χ2v) is 10.3. The van der Waals surface area contributed by atoms with E-state index in [-0.39, 0.29) is 18.3 Å². The average Bonchev–Trinajstić information content (AvgIpc) is 2.75. The van der Waals surface area contributed by atoms with Crippen molar-refractivity contribution in [2.75, 3.05) is 39.3 Å². The number of nitrogens with zero attached hydrogens (tertiary/aromatic N) is 1. The number of amides is 1. The number of fused-ring (bicyclic) bond motifs is 1. The average molecular weight is 460 g/mol. The number of carbonyl (C=O) groups excluding carboxylic acids is 1. The van der Waals surface area contributed by atoms with E-state index in [1.165, 1.54) is 23.6 Å². The Kier molecular flexibility index (Phi) is 11.0. The number of hydrogen-bond acceptors (Lipinski definition) is 3. The largest absolute Gasteiger partial charge is 0.342 e. The molecule has 178 valence electrons. The zero-order valence-corrected chi connectivity index (χ0v) is 21.0. The molecule has 32 heavy (non-hydrogen) atoms. The molecule has 0 atom stereocenters. The van der Waals surface area contributed by atoms with Crippen molar-refractivity contribution < 1.29 is 4.79 Å². The van der Waals surface area contributed by atoms with Crippen molar-refractivity contribution in [3.05, 3.63) is 48.0 Å². The van der Waals surface area contributed by atoms with E-state index in [4.69, 9.17) is 0 Å². The zero-order chi connectivity index (χ0) is 22.1. The summed E-state index contributed by atoms with van der Waals surface area (Å²) in [5.41, 5.74) is 1.51. The third-order valence-corrected chi connectivity index (χ3v) is 6.23. The number of benzene rings is 2. The van der Waals surface area contributed by atoms with Gasteiger partial charge >= 0.3 is 0 Å². The molecule has 1 amide bonds. The number of carbonyl (C=O) groups is 1. The maximum atomic E-state index is 12.9. The van der Waals surface area contributed by atoms with E-state index in [1.54, 1.807) is 0 Å². The van der Waals surface area contributed by atoms with Gasteiger partial charge in [0.2, 0.25) is 5.91 Å². The molecule has 1 heterocycles. The molecule has 0 radical (unpaired) electrons. The predicted octanol–water partition coefficient (Wildman–Crippen LogP) is 5.05. The van der Waals surface area contributed by atoms with Crippen molar-refractivity contribution in [2.45, 2.75) is 52.9 Å². The van der Waals surface area contributed by atoms with E-state index in [9.17, 15) is 4.79 Å². The standard InChI is InChI=1S/C27H41N3O.ClH/c1-27(2,3)21-29-16-7-6-15-28-20-22-13-17-30(18-14-22)26(31)19-24-11-8-10-23-9-4-5-12-25(23)24;/h4-5,8-12,22,28-29H,6-7,13-21H2,1-3H3;1H. The molecule has 2 aromatic rings. The van der Waals surface area contributed by atoms with Crippen LogP contribution < -0.4 is 10.6 Å². The first kappa shape index (κ1) is 26.6. The van der Waals surface area contributed by atoms with E-state index >= 15 is 0 Å². The fraction of sp³-hybridized carbons (Fsp3) is 0.593. The second-order valence-electron chi connectivity index (χ2n) is 10.3. The van der Waals surface area contributed by atoms with Crippen LogP contribution in [0.5, 0.6) is 0 Å². The molecule has 1 saturated heterocycles. The Hall–Kier alpha value is -1.62. The van der Waals surface area contributed by atoms with Gasteiger partial charge in [0, 0.05) is 13.1 Å². The van der Waals surface area contributed by atoms with Gasteiger partial charge in [0.05, 0.1) is 6.42 Å². The highest BCUT2D eigenvalue weighted by Crippen LogP contribution is 2.21. The summed E-state index contributed by atoms with van der Waals surface area (Å²) >= 11 is 0. The van der Waals surface area contributed by atoms with Crippen LogP contribution in [0.15, 0.2) is 42.5 Å². The molecule has 4 nitrogen and oxygen atoms in total. The number of piperidine rings is 1. The van der Waals surface area contributed by atoms with Crippen LogP contribution in [0, 0.1) is 11.3 Å². The maximum absolute atomic E-state index is 12.9. The lowest BCUT2D eigenvalue weighted by Crippen LogP contribution is -2.41. The first-order valence-electron chi connectivity index (χ1n) is 12.1. The Morgan fingerprint density at radius 3 is 2.34 bits per heavy atom. The molecule has 0 unspecified atom stereocenters. The van der Waals surface area contributed by atoms with Crippen molar-refractivity contribution in [1.82, 2.24) is 15.5 Å². The van der Waals surface area contributed by atoms with Crippen LogP contribution >= 0.6 is 12.4 Å². The van der Waals surface area contributed by atoms with E-state index in [0.717, 1.165) is 57.7 Å². The van der Waals surface area contributed by atoms with Crippen LogP contribution in [0.1, 0.15) is 52.0 Å². The van der Waals surface area contributed by atoms with E-state index in [0.29, 0.717) is 17.8 Å². The third-order valence-electron chi connectivity index (χ3n) is 6.23. The van der Waals surface area contributed by atoms with Crippen LogP contribution in [0.2, 0.25) is 0 Å². The number of halogens is 1. The van der Waals surface area contributed by atoms with Gasteiger partial charge in [-0.1, -0.05) is 63.2 Å². The lowest BCUT2D eigenvalue weighted by atomic mass is 9.95. The maximum Gasteiger partial charge on any atom is 0.227 e. The molecule has 1 fully saturated rings. The van der Waals surface area contributed by atoms with Gasteiger partial charge in [-0.05, 0) is 79.5 Å². The van der Waals surface area contributed by atoms with E-state index in [1.807, 2.05) is 0 Å². The SMILES string of the molecule is CC(C)(C)CNCCCCNCC1CCN(C(=O)Cc2cccc3ccccc23)CC1.Cl. The quantitative estimate of drug-likeness (QED) is 0.489. The second kappa shape index (κ2) is 13.2. The molecular weight excluding hydrogens is 418 g/mol. The number of nitrogens with one attached hydrogen (secondary N) is 2. The minimum Gasteiger partial charge on any atom is -0.342 e. The van der Waals surface area contributed by atoms with Gasteiger partial charge in [0.1, 0.15) is 0 Å². The Morgan fingerprint density at radius 2 is 1.62 bits per heavy atom. The van der Waals surface area contributed by atoms with Gasteiger partial charge in [-0.25, -0.2) is 0 Å². The molecule has 0 saturated carbocycles. The highest BCUT2D eigenvalue weighted by molar-refractivity contribution is 5.90. The van der Waals surface area contributed by atoms with E-state index in [2.05, 4.69) is 78.8 Å². The summed E-state index contributed by atoms with van der Waals surface area (Å²) in [5.74, 6) is 0.964. The minimum atomic E-state index is 0. The molecule has 5 heteroatoms. The van der Waals surface area contributed by atoms with Gasteiger partial charge in [-0.2, -0.15) is 0 Å². The highest BCUT2D eigenvalue weighted by Gasteiger charge is 2.23. The van der Waals surface area contributed by atoms with Crippen LogP contribution in [-0.4, -0.2) is 50.1 Å². The van der Waals surface area contributed by atoms with Gasteiger partial charge in [0.15, 0.2) is 0 Å². The fourth-order valence-electron chi connectivity index (χ4n) is 4.38. The molecule has 0 aromatic heterocycles. The third kappa shape index (κ3) is 8.73. The van der Waals surface area contributed by atoms with Crippen molar-refractivity contribution in [2.24, 2.45) is 11.3 Å². The predicted molar refractivity (Wildman–Crippen MR) is 139 cm³/mol. The van der Waals surface area contributed by atoms with Crippen molar-refractivity contribution in [3.8, 4) is 0 Å². The number of unbranched alkanes of at least 4 members (excludes halogenated alkanes) is 1. The Balaban J connectivity index is 0.00000363. The van der Waals surface area contributed by atoms with Crippen molar-refractivity contribution in [3.63, 3.8) is 0 Å². The minimum absolute atomic E-state index is 0. The Labute approximate surface area is 200 Å². The normalized spacial score (nSPS) is 15.0. The molecule has 1 aliphatic heterocycles. The highest BCUT2D eigenvalue weighted by atomic mass is 35.5. The summed E-state index contributed by atoms with van der Waals surface area (Å²) in [6, 6.07) is 14.6. The lowest BCUT2D eigenvalue weighted by molar-refractivity contribution is -0.131. The molecule has 0 aliphatic carbocycles.